The maximum absolute atomic E-state index is 10.6. The van der Waals surface area contributed by atoms with Crippen LogP contribution in [0.1, 0.15) is 6.42 Å². The predicted molar refractivity (Wildman–Crippen MR) is 39.9 cm³/mol. The molecule has 5 nitrogen and oxygen atoms in total. The fourth-order valence-electron chi connectivity index (χ4n) is 0.401. The summed E-state index contributed by atoms with van der Waals surface area (Å²) in [6.45, 7) is 0.118. The predicted octanol–water partition coefficient (Wildman–Crippen LogP) is -0.877. The molecule has 0 aromatic rings. The minimum Gasteiger partial charge on any atom is -0.396 e. The van der Waals surface area contributed by atoms with Gasteiger partial charge in [-0.3, -0.25) is 4.79 Å². The van der Waals surface area contributed by atoms with Crippen LogP contribution in [0.25, 0.3) is 0 Å². The molecule has 11 heavy (non-hydrogen) atoms. The molecule has 0 radical (unpaired) electrons. The van der Waals surface area contributed by atoms with E-state index in [1.807, 2.05) is 0 Å². The molecule has 0 bridgehead atoms. The normalized spacial score (nSPS) is 11.1. The zero-order chi connectivity index (χ0) is 8.91. The molecular formula is C5H11NO4S. The van der Waals surface area contributed by atoms with Crippen molar-refractivity contribution in [3.8, 4) is 0 Å². The van der Waals surface area contributed by atoms with Gasteiger partial charge in [-0.05, 0) is 6.42 Å². The lowest BCUT2D eigenvalue weighted by Crippen LogP contribution is -2.29. The summed E-state index contributed by atoms with van der Waals surface area (Å²) in [6, 6.07) is 0. The summed E-state index contributed by atoms with van der Waals surface area (Å²) in [5, 5.41) is 9.42. The Morgan fingerprint density at radius 3 is 2.45 bits per heavy atom. The van der Waals surface area contributed by atoms with Crippen molar-refractivity contribution >= 4 is 15.1 Å². The third-order valence-corrected chi connectivity index (χ3v) is 1.76. The maximum Gasteiger partial charge on any atom is 0.336 e. The molecule has 0 saturated heterocycles. The van der Waals surface area contributed by atoms with Crippen molar-refractivity contribution in [1.29, 1.82) is 0 Å². The smallest absolute Gasteiger partial charge is 0.336 e. The van der Waals surface area contributed by atoms with Gasteiger partial charge >= 0.3 is 5.24 Å². The lowest BCUT2D eigenvalue weighted by molar-refractivity contribution is 0.255. The molecule has 0 aromatic carbocycles. The van der Waals surface area contributed by atoms with Gasteiger partial charge in [-0.1, -0.05) is 0 Å². The van der Waals surface area contributed by atoms with E-state index in [1.54, 1.807) is 0 Å². The first-order chi connectivity index (χ1) is 4.98. The standard InChI is InChI=1S/C5H11NO4S/c1-11(9,10)5(8)6-3-2-4-7/h7H,2-4H2,1H3,(H,6,8). The number of carbonyl (C=O) groups is 1. The van der Waals surface area contributed by atoms with Crippen molar-refractivity contribution in [2.75, 3.05) is 19.4 Å². The Hall–Kier alpha value is -0.620. The van der Waals surface area contributed by atoms with Crippen LogP contribution < -0.4 is 5.32 Å². The van der Waals surface area contributed by atoms with Crippen LogP contribution in [0.2, 0.25) is 0 Å². The Morgan fingerprint density at radius 1 is 1.55 bits per heavy atom. The van der Waals surface area contributed by atoms with Crippen LogP contribution in [-0.4, -0.2) is 38.2 Å². The number of amides is 1. The summed E-state index contributed by atoms with van der Waals surface area (Å²) in [7, 11) is -3.61. The molecule has 0 fully saturated rings. The van der Waals surface area contributed by atoms with E-state index in [2.05, 4.69) is 5.32 Å². The second kappa shape index (κ2) is 4.30. The molecule has 66 valence electrons. The van der Waals surface area contributed by atoms with E-state index in [9.17, 15) is 13.2 Å². The molecule has 0 rings (SSSR count). The molecule has 0 unspecified atom stereocenters. The lowest BCUT2D eigenvalue weighted by atomic mass is 10.5. The highest BCUT2D eigenvalue weighted by Crippen LogP contribution is 1.84. The molecule has 0 aliphatic heterocycles. The zero-order valence-corrected chi connectivity index (χ0v) is 7.02. The third-order valence-electron chi connectivity index (χ3n) is 0.941. The highest BCUT2D eigenvalue weighted by atomic mass is 32.2. The quantitative estimate of drug-likeness (QED) is 0.554. The molecule has 0 aromatic heterocycles. The van der Waals surface area contributed by atoms with Crippen LogP contribution in [0.3, 0.4) is 0 Å². The van der Waals surface area contributed by atoms with Crippen LogP contribution >= 0.6 is 0 Å². The monoisotopic (exact) mass is 181 g/mol. The van der Waals surface area contributed by atoms with E-state index in [4.69, 9.17) is 5.11 Å². The van der Waals surface area contributed by atoms with Crippen LogP contribution in [-0.2, 0) is 9.84 Å². The van der Waals surface area contributed by atoms with Gasteiger partial charge < -0.3 is 10.4 Å². The molecule has 2 N–H and O–H groups in total. The van der Waals surface area contributed by atoms with Crippen molar-refractivity contribution in [2.45, 2.75) is 6.42 Å². The van der Waals surface area contributed by atoms with Crippen molar-refractivity contribution in [1.82, 2.24) is 5.32 Å². The average molecular weight is 181 g/mol. The molecule has 0 atom stereocenters. The van der Waals surface area contributed by atoms with Gasteiger partial charge in [0.05, 0.1) is 0 Å². The van der Waals surface area contributed by atoms with E-state index in [0.717, 1.165) is 6.26 Å². The number of carbonyl (C=O) groups excluding carboxylic acids is 1. The largest absolute Gasteiger partial charge is 0.396 e. The number of aliphatic hydroxyl groups excluding tert-OH is 1. The van der Waals surface area contributed by atoms with Gasteiger partial charge in [0, 0.05) is 19.4 Å². The zero-order valence-electron chi connectivity index (χ0n) is 6.20. The second-order valence-corrected chi connectivity index (χ2v) is 3.98. The van der Waals surface area contributed by atoms with E-state index in [0.29, 0.717) is 6.42 Å². The molecule has 0 aliphatic carbocycles. The summed E-state index contributed by atoms with van der Waals surface area (Å²) in [6.07, 6.45) is 1.20. The third kappa shape index (κ3) is 4.74. The van der Waals surface area contributed by atoms with Gasteiger partial charge in [0.1, 0.15) is 0 Å². The molecule has 6 heteroatoms. The van der Waals surface area contributed by atoms with Crippen molar-refractivity contribution in [2.24, 2.45) is 0 Å². The Labute approximate surface area is 65.3 Å². The number of hydrogen-bond donors (Lipinski definition) is 2. The first-order valence-electron chi connectivity index (χ1n) is 3.07. The van der Waals surface area contributed by atoms with Crippen molar-refractivity contribution in [3.63, 3.8) is 0 Å². The summed E-state index contributed by atoms with van der Waals surface area (Å²) < 4.78 is 20.9. The highest BCUT2D eigenvalue weighted by molar-refractivity contribution is 8.05. The minimum atomic E-state index is -3.61. The number of sulfone groups is 1. The van der Waals surface area contributed by atoms with Crippen LogP contribution in [0.5, 0.6) is 0 Å². The van der Waals surface area contributed by atoms with Gasteiger partial charge in [-0.15, -0.1) is 0 Å². The van der Waals surface area contributed by atoms with E-state index in [-0.39, 0.29) is 13.2 Å². The van der Waals surface area contributed by atoms with Gasteiger partial charge in [0.25, 0.3) is 0 Å². The fraction of sp³-hybridized carbons (Fsp3) is 0.800. The Kier molecular flexibility index (Phi) is 4.06. The highest BCUT2D eigenvalue weighted by Gasteiger charge is 2.13. The van der Waals surface area contributed by atoms with Gasteiger partial charge in [-0.2, -0.15) is 0 Å². The molecular weight excluding hydrogens is 170 g/mol. The maximum atomic E-state index is 10.6. The number of nitrogens with one attached hydrogen (secondary N) is 1. The molecule has 0 saturated carbocycles. The van der Waals surface area contributed by atoms with Gasteiger partial charge in [0.15, 0.2) is 0 Å². The van der Waals surface area contributed by atoms with E-state index in [1.165, 1.54) is 0 Å². The number of rotatable bonds is 3. The Morgan fingerprint density at radius 2 is 2.09 bits per heavy atom. The van der Waals surface area contributed by atoms with Crippen molar-refractivity contribution in [3.05, 3.63) is 0 Å². The number of hydrogen-bond acceptors (Lipinski definition) is 4. The van der Waals surface area contributed by atoms with Gasteiger partial charge in [0.2, 0.25) is 9.84 Å². The Bertz CT molecular complexity index is 221. The first-order valence-corrected chi connectivity index (χ1v) is 4.96. The van der Waals surface area contributed by atoms with Crippen molar-refractivity contribution < 1.29 is 18.3 Å². The fourth-order valence-corrected chi connectivity index (χ4v) is 0.765. The SMILES string of the molecule is CS(=O)(=O)C(=O)NCCCO. The molecule has 0 heterocycles. The molecule has 0 aliphatic rings. The summed E-state index contributed by atoms with van der Waals surface area (Å²) in [4.78, 5) is 10.6. The summed E-state index contributed by atoms with van der Waals surface area (Å²) in [5.74, 6) is 0. The first kappa shape index (κ1) is 10.4. The van der Waals surface area contributed by atoms with E-state index < -0.39 is 15.1 Å². The Balaban J connectivity index is 3.72. The molecule has 0 spiro atoms. The molecule has 1 amide bonds. The van der Waals surface area contributed by atoms with Crippen LogP contribution in [0.15, 0.2) is 0 Å². The van der Waals surface area contributed by atoms with Crippen LogP contribution in [0, 0.1) is 0 Å². The van der Waals surface area contributed by atoms with Gasteiger partial charge in [-0.25, -0.2) is 8.42 Å². The second-order valence-electron chi connectivity index (χ2n) is 2.06. The minimum absolute atomic E-state index is 0.0654. The average Bonchev–Trinajstić information content (AvgIpc) is 1.86. The number of aliphatic hydroxyl groups is 1. The summed E-state index contributed by atoms with van der Waals surface area (Å²) in [5.41, 5.74) is 0. The topological polar surface area (TPSA) is 83.5 Å². The van der Waals surface area contributed by atoms with Crippen LogP contribution in [0.4, 0.5) is 4.79 Å². The lowest BCUT2D eigenvalue weighted by Gasteiger charge is -1.99. The summed E-state index contributed by atoms with van der Waals surface area (Å²) >= 11 is 0. The van der Waals surface area contributed by atoms with E-state index >= 15 is 0 Å².